The van der Waals surface area contributed by atoms with E-state index in [2.05, 4.69) is 6.92 Å². The van der Waals surface area contributed by atoms with Gasteiger partial charge in [-0.2, -0.15) is 0 Å². The van der Waals surface area contributed by atoms with Gasteiger partial charge in [0, 0.05) is 26.6 Å². The zero-order chi connectivity index (χ0) is 19.2. The minimum atomic E-state index is -0.302. The lowest BCUT2D eigenvalue weighted by Gasteiger charge is -2.22. The molecule has 1 fully saturated rings. The summed E-state index contributed by atoms with van der Waals surface area (Å²) in [6.45, 7) is 3.22. The molecule has 1 heterocycles. The molecule has 27 heavy (non-hydrogen) atoms. The molecule has 5 heteroatoms. The number of carbonyl (C=O) groups excluding carboxylic acids is 2. The van der Waals surface area contributed by atoms with Crippen LogP contribution in [0.4, 0.5) is 5.69 Å². The number of para-hydroxylation sites is 3. The van der Waals surface area contributed by atoms with E-state index in [4.69, 9.17) is 4.74 Å². The molecule has 0 aliphatic carbocycles. The zero-order valence-corrected chi connectivity index (χ0v) is 15.9. The summed E-state index contributed by atoms with van der Waals surface area (Å²) in [6, 6.07) is 16.9. The lowest BCUT2D eigenvalue weighted by molar-refractivity contribution is -0.134. The number of amides is 2. The van der Waals surface area contributed by atoms with E-state index >= 15 is 0 Å². The number of nitrogens with zero attached hydrogens (tertiary/aromatic N) is 2. The van der Waals surface area contributed by atoms with Crippen LogP contribution in [0.2, 0.25) is 0 Å². The molecule has 3 rings (SSSR count). The molecule has 0 radical (unpaired) electrons. The third-order valence-electron chi connectivity index (χ3n) is 4.82. The molecule has 2 amide bonds. The first-order chi connectivity index (χ1) is 13.1. The molecule has 1 atom stereocenters. The van der Waals surface area contributed by atoms with Crippen molar-refractivity contribution in [2.75, 3.05) is 25.0 Å². The lowest BCUT2D eigenvalue weighted by atomic mass is 10.1. The summed E-state index contributed by atoms with van der Waals surface area (Å²) >= 11 is 0. The Morgan fingerprint density at radius 2 is 1.85 bits per heavy atom. The Kier molecular flexibility index (Phi) is 6.12. The van der Waals surface area contributed by atoms with Crippen LogP contribution in [0.15, 0.2) is 54.6 Å². The molecule has 2 aromatic carbocycles. The van der Waals surface area contributed by atoms with Gasteiger partial charge in [0.15, 0.2) is 5.75 Å². The predicted molar refractivity (Wildman–Crippen MR) is 106 cm³/mol. The highest BCUT2D eigenvalue weighted by Crippen LogP contribution is 2.35. The molecular formula is C22H26N2O3. The molecule has 0 aromatic heterocycles. The van der Waals surface area contributed by atoms with Crippen molar-refractivity contribution in [3.8, 4) is 11.5 Å². The fourth-order valence-corrected chi connectivity index (χ4v) is 3.30. The second-order valence-electron chi connectivity index (χ2n) is 6.90. The van der Waals surface area contributed by atoms with E-state index in [1.54, 1.807) is 9.80 Å². The van der Waals surface area contributed by atoms with E-state index in [1.165, 1.54) is 0 Å². The van der Waals surface area contributed by atoms with Crippen LogP contribution in [0.5, 0.6) is 11.5 Å². The second-order valence-corrected chi connectivity index (χ2v) is 6.90. The molecule has 0 spiro atoms. The van der Waals surface area contributed by atoms with Crippen LogP contribution in [0.3, 0.4) is 0 Å². The Morgan fingerprint density at radius 1 is 1.15 bits per heavy atom. The van der Waals surface area contributed by atoms with Gasteiger partial charge in [0.2, 0.25) is 11.8 Å². The van der Waals surface area contributed by atoms with Crippen LogP contribution in [0, 0.1) is 5.92 Å². The molecule has 1 aliphatic rings. The number of unbranched alkanes of at least 4 members (excludes halogenated alkanes) is 1. The van der Waals surface area contributed by atoms with E-state index < -0.39 is 0 Å². The van der Waals surface area contributed by atoms with Crippen molar-refractivity contribution in [2.45, 2.75) is 26.2 Å². The SMILES string of the molecule is CCCCN(C)C(=O)C1CC(=O)N(c2ccccc2Oc2ccccc2)C1. The van der Waals surface area contributed by atoms with Gasteiger partial charge in [-0.05, 0) is 30.7 Å². The van der Waals surface area contributed by atoms with Crippen LogP contribution < -0.4 is 9.64 Å². The van der Waals surface area contributed by atoms with Crippen molar-refractivity contribution in [1.82, 2.24) is 4.90 Å². The molecule has 1 unspecified atom stereocenters. The van der Waals surface area contributed by atoms with E-state index in [1.807, 2.05) is 61.6 Å². The van der Waals surface area contributed by atoms with Gasteiger partial charge in [0.1, 0.15) is 5.75 Å². The fourth-order valence-electron chi connectivity index (χ4n) is 3.30. The first-order valence-corrected chi connectivity index (χ1v) is 9.47. The molecule has 5 nitrogen and oxygen atoms in total. The number of hydrogen-bond acceptors (Lipinski definition) is 3. The van der Waals surface area contributed by atoms with Crippen molar-refractivity contribution in [3.63, 3.8) is 0 Å². The van der Waals surface area contributed by atoms with Crippen LogP contribution in [0.1, 0.15) is 26.2 Å². The van der Waals surface area contributed by atoms with Gasteiger partial charge < -0.3 is 14.5 Å². The molecule has 2 aromatic rings. The van der Waals surface area contributed by atoms with Gasteiger partial charge in [-0.1, -0.05) is 43.7 Å². The third-order valence-corrected chi connectivity index (χ3v) is 4.82. The smallest absolute Gasteiger partial charge is 0.227 e. The molecule has 142 valence electrons. The van der Waals surface area contributed by atoms with Crippen molar-refractivity contribution in [3.05, 3.63) is 54.6 Å². The number of hydrogen-bond donors (Lipinski definition) is 0. The van der Waals surface area contributed by atoms with Gasteiger partial charge in [-0.25, -0.2) is 0 Å². The fraction of sp³-hybridized carbons (Fsp3) is 0.364. The van der Waals surface area contributed by atoms with Gasteiger partial charge in [-0.3, -0.25) is 9.59 Å². The van der Waals surface area contributed by atoms with Gasteiger partial charge >= 0.3 is 0 Å². The van der Waals surface area contributed by atoms with Crippen LogP contribution in [-0.2, 0) is 9.59 Å². The summed E-state index contributed by atoms with van der Waals surface area (Å²) in [7, 11) is 1.82. The quantitative estimate of drug-likeness (QED) is 0.742. The van der Waals surface area contributed by atoms with E-state index in [0.717, 1.165) is 19.4 Å². The van der Waals surface area contributed by atoms with E-state index in [-0.39, 0.29) is 24.2 Å². The van der Waals surface area contributed by atoms with Gasteiger partial charge in [0.05, 0.1) is 11.6 Å². The normalized spacial score (nSPS) is 16.4. The Morgan fingerprint density at radius 3 is 2.59 bits per heavy atom. The lowest BCUT2D eigenvalue weighted by Crippen LogP contribution is -2.35. The summed E-state index contributed by atoms with van der Waals surface area (Å²) in [4.78, 5) is 28.7. The Bertz CT molecular complexity index is 791. The topological polar surface area (TPSA) is 49.9 Å². The average Bonchev–Trinajstić information content (AvgIpc) is 3.08. The van der Waals surface area contributed by atoms with Crippen LogP contribution in [0.25, 0.3) is 0 Å². The third kappa shape index (κ3) is 4.48. The van der Waals surface area contributed by atoms with Crippen LogP contribution >= 0.6 is 0 Å². The maximum atomic E-state index is 12.7. The Labute approximate surface area is 160 Å². The number of rotatable bonds is 7. The first-order valence-electron chi connectivity index (χ1n) is 9.47. The van der Waals surface area contributed by atoms with Crippen molar-refractivity contribution in [1.29, 1.82) is 0 Å². The van der Waals surface area contributed by atoms with E-state index in [0.29, 0.717) is 23.7 Å². The number of ether oxygens (including phenoxy) is 1. The number of anilines is 1. The average molecular weight is 366 g/mol. The zero-order valence-electron chi connectivity index (χ0n) is 15.9. The summed E-state index contributed by atoms with van der Waals surface area (Å²) in [6.07, 6.45) is 2.26. The predicted octanol–water partition coefficient (Wildman–Crippen LogP) is 4.09. The molecule has 1 saturated heterocycles. The standard InChI is InChI=1S/C22H26N2O3/c1-3-4-14-23(2)22(26)17-15-21(25)24(16-17)19-12-8-9-13-20(19)27-18-10-6-5-7-11-18/h5-13,17H,3-4,14-16H2,1-2H3. The van der Waals surface area contributed by atoms with Crippen molar-refractivity contribution >= 4 is 17.5 Å². The molecular weight excluding hydrogens is 340 g/mol. The maximum Gasteiger partial charge on any atom is 0.227 e. The monoisotopic (exact) mass is 366 g/mol. The van der Waals surface area contributed by atoms with Gasteiger partial charge in [0.25, 0.3) is 0 Å². The highest BCUT2D eigenvalue weighted by molar-refractivity contribution is 6.01. The Hall–Kier alpha value is -2.82. The van der Waals surface area contributed by atoms with Gasteiger partial charge in [-0.15, -0.1) is 0 Å². The molecule has 0 bridgehead atoms. The first kappa shape index (κ1) is 19.0. The summed E-state index contributed by atoms with van der Waals surface area (Å²) in [5, 5.41) is 0. The minimum Gasteiger partial charge on any atom is -0.455 e. The summed E-state index contributed by atoms with van der Waals surface area (Å²) < 4.78 is 5.98. The van der Waals surface area contributed by atoms with E-state index in [9.17, 15) is 9.59 Å². The van der Waals surface area contributed by atoms with Crippen molar-refractivity contribution < 1.29 is 14.3 Å². The summed E-state index contributed by atoms with van der Waals surface area (Å²) in [5.41, 5.74) is 0.706. The van der Waals surface area contributed by atoms with Crippen LogP contribution in [-0.4, -0.2) is 36.9 Å². The highest BCUT2D eigenvalue weighted by Gasteiger charge is 2.37. The summed E-state index contributed by atoms with van der Waals surface area (Å²) in [5.74, 6) is 1.03. The minimum absolute atomic E-state index is 0.0404. The maximum absolute atomic E-state index is 12.7. The molecule has 0 N–H and O–H groups in total. The number of carbonyl (C=O) groups is 2. The van der Waals surface area contributed by atoms with Crippen molar-refractivity contribution in [2.24, 2.45) is 5.92 Å². The largest absolute Gasteiger partial charge is 0.455 e. The molecule has 1 aliphatic heterocycles. The second kappa shape index (κ2) is 8.71. The highest BCUT2D eigenvalue weighted by atomic mass is 16.5. The molecule has 0 saturated carbocycles. The number of benzene rings is 2. The Balaban J connectivity index is 1.75.